The van der Waals surface area contributed by atoms with Crippen LogP contribution in [-0.2, 0) is 18.6 Å². The molecule has 2 aliphatic rings. The Balaban J connectivity index is 1.71. The monoisotopic (exact) mass is 375 g/mol. The van der Waals surface area contributed by atoms with Gasteiger partial charge in [0.05, 0.1) is 12.1 Å². The maximum absolute atomic E-state index is 11.4. The molecule has 1 aromatic carbocycles. The highest BCUT2D eigenvalue weighted by Gasteiger charge is 2.37. The van der Waals surface area contributed by atoms with Crippen LogP contribution in [0.4, 0.5) is 0 Å². The van der Waals surface area contributed by atoms with E-state index in [2.05, 4.69) is 40.4 Å². The number of aliphatic hydroxyl groups is 1. The standard InChI is InChI=1S/C24H29N3O/c1-16-12-17(2)23-19(13-16)22-20-7-5-10-26(20)11-8-21(22)27(23)15-24(3,28)18-6-4-9-25-14-18/h4,6,9,12-14,20,28H,5,7-8,10-11,15H2,1-3H3. The fraction of sp³-hybridized carbons (Fsp3) is 0.458. The van der Waals surface area contributed by atoms with E-state index < -0.39 is 5.60 Å². The summed E-state index contributed by atoms with van der Waals surface area (Å²) in [5, 5.41) is 12.8. The van der Waals surface area contributed by atoms with Gasteiger partial charge in [0, 0.05) is 48.0 Å². The number of benzene rings is 1. The predicted octanol–water partition coefficient (Wildman–Crippen LogP) is 4.25. The summed E-state index contributed by atoms with van der Waals surface area (Å²) in [6.45, 7) is 9.22. The number of fused-ring (bicyclic) bond motifs is 5. The Hall–Kier alpha value is -2.17. The molecule has 2 unspecified atom stereocenters. The molecule has 2 aliphatic heterocycles. The van der Waals surface area contributed by atoms with Gasteiger partial charge in [0.2, 0.25) is 0 Å². The molecule has 0 aliphatic carbocycles. The van der Waals surface area contributed by atoms with Crippen LogP contribution in [0, 0.1) is 13.8 Å². The molecular formula is C24H29N3O. The second-order valence-electron chi connectivity index (χ2n) is 8.88. The zero-order chi connectivity index (χ0) is 19.5. The first kappa shape index (κ1) is 17.9. The number of aryl methyl sites for hydroxylation is 2. The van der Waals surface area contributed by atoms with Crippen LogP contribution in [0.25, 0.3) is 10.9 Å². The Morgan fingerprint density at radius 3 is 2.89 bits per heavy atom. The van der Waals surface area contributed by atoms with E-state index in [1.165, 1.54) is 52.7 Å². The molecule has 4 nitrogen and oxygen atoms in total. The lowest BCUT2D eigenvalue weighted by molar-refractivity contribution is 0.0380. The molecule has 1 fully saturated rings. The minimum absolute atomic E-state index is 0.539. The van der Waals surface area contributed by atoms with Crippen LogP contribution in [0.5, 0.6) is 0 Å². The van der Waals surface area contributed by atoms with Crippen molar-refractivity contribution in [3.63, 3.8) is 0 Å². The molecule has 0 saturated carbocycles. The summed E-state index contributed by atoms with van der Waals surface area (Å²) in [6.07, 6.45) is 7.14. The van der Waals surface area contributed by atoms with Gasteiger partial charge in [-0.2, -0.15) is 0 Å². The summed E-state index contributed by atoms with van der Waals surface area (Å²) in [6, 6.07) is 9.05. The molecule has 5 rings (SSSR count). The van der Waals surface area contributed by atoms with Crippen molar-refractivity contribution in [2.24, 2.45) is 0 Å². The minimum atomic E-state index is -0.960. The first-order valence-electron chi connectivity index (χ1n) is 10.4. The quantitative estimate of drug-likeness (QED) is 0.744. The lowest BCUT2D eigenvalue weighted by Crippen LogP contribution is -2.33. The molecule has 4 heteroatoms. The summed E-state index contributed by atoms with van der Waals surface area (Å²) in [5.74, 6) is 0. The van der Waals surface area contributed by atoms with Crippen molar-refractivity contribution in [3.8, 4) is 0 Å². The van der Waals surface area contributed by atoms with Gasteiger partial charge < -0.3 is 9.67 Å². The predicted molar refractivity (Wildman–Crippen MR) is 112 cm³/mol. The molecule has 3 aromatic rings. The maximum Gasteiger partial charge on any atom is 0.106 e. The first-order valence-corrected chi connectivity index (χ1v) is 10.4. The normalized spacial score (nSPS) is 21.5. The van der Waals surface area contributed by atoms with Crippen LogP contribution in [0.3, 0.4) is 0 Å². The smallest absolute Gasteiger partial charge is 0.106 e. The number of hydrogen-bond acceptors (Lipinski definition) is 3. The van der Waals surface area contributed by atoms with Gasteiger partial charge in [0.1, 0.15) is 5.60 Å². The Morgan fingerprint density at radius 2 is 2.11 bits per heavy atom. The van der Waals surface area contributed by atoms with Crippen molar-refractivity contribution in [3.05, 3.63) is 64.6 Å². The maximum atomic E-state index is 11.4. The number of nitrogens with zero attached hydrogens (tertiary/aromatic N) is 3. The fourth-order valence-electron chi connectivity index (χ4n) is 5.53. The van der Waals surface area contributed by atoms with E-state index in [0.29, 0.717) is 12.6 Å². The van der Waals surface area contributed by atoms with Gasteiger partial charge in [0.25, 0.3) is 0 Å². The highest BCUT2D eigenvalue weighted by atomic mass is 16.3. The van der Waals surface area contributed by atoms with Gasteiger partial charge in [-0.15, -0.1) is 0 Å². The van der Waals surface area contributed by atoms with Crippen molar-refractivity contribution in [1.82, 2.24) is 14.5 Å². The summed E-state index contributed by atoms with van der Waals surface area (Å²) < 4.78 is 2.42. The van der Waals surface area contributed by atoms with Crippen LogP contribution in [0.1, 0.15) is 53.8 Å². The molecule has 0 spiro atoms. The largest absolute Gasteiger partial charge is 0.384 e. The second-order valence-corrected chi connectivity index (χ2v) is 8.88. The molecule has 1 N–H and O–H groups in total. The zero-order valence-corrected chi connectivity index (χ0v) is 17.1. The lowest BCUT2D eigenvalue weighted by atomic mass is 9.94. The Labute approximate surface area is 166 Å². The third-order valence-corrected chi connectivity index (χ3v) is 6.72. The van der Waals surface area contributed by atoms with Crippen molar-refractivity contribution < 1.29 is 5.11 Å². The summed E-state index contributed by atoms with van der Waals surface area (Å²) in [5.41, 5.74) is 6.78. The molecular weight excluding hydrogens is 346 g/mol. The van der Waals surface area contributed by atoms with E-state index in [-0.39, 0.29) is 0 Å². The van der Waals surface area contributed by atoms with E-state index in [1.54, 1.807) is 12.4 Å². The highest BCUT2D eigenvalue weighted by molar-refractivity contribution is 5.89. The van der Waals surface area contributed by atoms with Crippen molar-refractivity contribution in [2.45, 2.75) is 58.2 Å². The van der Waals surface area contributed by atoms with Crippen LogP contribution in [-0.4, -0.2) is 32.6 Å². The molecule has 146 valence electrons. The van der Waals surface area contributed by atoms with Gasteiger partial charge in [-0.3, -0.25) is 9.88 Å². The minimum Gasteiger partial charge on any atom is -0.384 e. The Morgan fingerprint density at radius 1 is 1.25 bits per heavy atom. The molecule has 4 heterocycles. The average molecular weight is 376 g/mol. The number of rotatable bonds is 3. The van der Waals surface area contributed by atoms with Crippen LogP contribution >= 0.6 is 0 Å². The Bertz CT molecular complexity index is 1040. The fourth-order valence-corrected chi connectivity index (χ4v) is 5.53. The molecule has 2 atom stereocenters. The summed E-state index contributed by atoms with van der Waals surface area (Å²) in [7, 11) is 0. The molecule has 1 saturated heterocycles. The number of aromatic nitrogens is 2. The number of pyridine rings is 1. The van der Waals surface area contributed by atoms with Gasteiger partial charge in [-0.25, -0.2) is 0 Å². The molecule has 28 heavy (non-hydrogen) atoms. The molecule has 0 amide bonds. The molecule has 2 aromatic heterocycles. The zero-order valence-electron chi connectivity index (χ0n) is 17.1. The van der Waals surface area contributed by atoms with Gasteiger partial charge in [-0.1, -0.05) is 17.7 Å². The van der Waals surface area contributed by atoms with Crippen molar-refractivity contribution in [2.75, 3.05) is 13.1 Å². The lowest BCUT2D eigenvalue weighted by Gasteiger charge is -2.32. The summed E-state index contributed by atoms with van der Waals surface area (Å²) >= 11 is 0. The van der Waals surface area contributed by atoms with E-state index in [9.17, 15) is 5.11 Å². The third-order valence-electron chi connectivity index (χ3n) is 6.72. The topological polar surface area (TPSA) is 41.3 Å². The SMILES string of the molecule is Cc1cc(C)c2c(c1)c1c(n2CC(C)(O)c2cccnc2)CCN2CCCC12. The van der Waals surface area contributed by atoms with Crippen molar-refractivity contribution >= 4 is 10.9 Å². The first-order chi connectivity index (χ1) is 13.5. The highest BCUT2D eigenvalue weighted by Crippen LogP contribution is 2.44. The Kier molecular flexibility index (Phi) is 4.11. The van der Waals surface area contributed by atoms with E-state index in [4.69, 9.17) is 0 Å². The second kappa shape index (κ2) is 6.43. The van der Waals surface area contributed by atoms with Gasteiger partial charge >= 0.3 is 0 Å². The van der Waals surface area contributed by atoms with E-state index in [1.807, 2.05) is 19.1 Å². The van der Waals surface area contributed by atoms with Crippen molar-refractivity contribution in [1.29, 1.82) is 0 Å². The summed E-state index contributed by atoms with van der Waals surface area (Å²) in [4.78, 5) is 6.88. The number of hydrogen-bond donors (Lipinski definition) is 1. The van der Waals surface area contributed by atoms with Crippen LogP contribution in [0.15, 0.2) is 36.7 Å². The van der Waals surface area contributed by atoms with Gasteiger partial charge in [-0.05, 0) is 63.4 Å². The van der Waals surface area contributed by atoms with E-state index >= 15 is 0 Å². The molecule has 0 radical (unpaired) electrons. The average Bonchev–Trinajstić information content (AvgIpc) is 3.25. The third kappa shape index (κ3) is 2.70. The molecule has 0 bridgehead atoms. The van der Waals surface area contributed by atoms with E-state index in [0.717, 1.165) is 18.5 Å². The van der Waals surface area contributed by atoms with Crippen LogP contribution in [0.2, 0.25) is 0 Å². The van der Waals surface area contributed by atoms with Gasteiger partial charge in [0.15, 0.2) is 0 Å². The van der Waals surface area contributed by atoms with Crippen LogP contribution < -0.4 is 0 Å².